The number of carbonyl (C=O) groups excluding carboxylic acids is 1. The van der Waals surface area contributed by atoms with Crippen LogP contribution in [0.4, 0.5) is 0 Å². The molecule has 1 heterocycles. The van der Waals surface area contributed by atoms with E-state index in [9.17, 15) is 9.90 Å². The smallest absolute Gasteiger partial charge is 0.306 e. The van der Waals surface area contributed by atoms with Crippen LogP contribution in [0.5, 0.6) is 0 Å². The van der Waals surface area contributed by atoms with Gasteiger partial charge in [0, 0.05) is 24.9 Å². The molecule has 0 aromatic carbocycles. The summed E-state index contributed by atoms with van der Waals surface area (Å²) in [5.41, 5.74) is 0. The number of aliphatic hydroxyl groups is 2. The lowest BCUT2D eigenvalue weighted by atomic mass is 9.93. The first kappa shape index (κ1) is 8.01. The van der Waals surface area contributed by atoms with Gasteiger partial charge in [-0.1, -0.05) is 0 Å². The number of carbonyl (C=O) groups is 1. The Balaban J connectivity index is 2.11. The second-order valence-electron chi connectivity index (χ2n) is 3.55. The fraction of sp³-hybridized carbons (Fsp3) is 0.875. The number of aliphatic hydroxyl groups excluding tert-OH is 2. The average Bonchev–Trinajstić information content (AvgIpc) is 2.43. The highest BCUT2D eigenvalue weighted by atomic mass is 16.6. The first-order valence-electron chi connectivity index (χ1n) is 4.20. The average molecular weight is 172 g/mol. The van der Waals surface area contributed by atoms with Crippen LogP contribution in [0.25, 0.3) is 0 Å². The Morgan fingerprint density at radius 2 is 2.33 bits per heavy atom. The van der Waals surface area contributed by atoms with Gasteiger partial charge in [-0.05, 0) is 0 Å². The van der Waals surface area contributed by atoms with Crippen LogP contribution in [0.1, 0.15) is 12.8 Å². The van der Waals surface area contributed by atoms with E-state index in [1.54, 1.807) is 0 Å². The van der Waals surface area contributed by atoms with Gasteiger partial charge in [-0.15, -0.1) is 0 Å². The van der Waals surface area contributed by atoms with Crippen LogP contribution in [0.3, 0.4) is 0 Å². The molecule has 2 aliphatic rings. The third-order valence-corrected chi connectivity index (χ3v) is 2.89. The molecule has 4 heteroatoms. The molecule has 0 radical (unpaired) electrons. The SMILES string of the molecule is O=C1CC2C(C[C@@H](O)[C@@H]2CO)O1. The van der Waals surface area contributed by atoms with Gasteiger partial charge in [0.25, 0.3) is 0 Å². The summed E-state index contributed by atoms with van der Waals surface area (Å²) in [6, 6.07) is 0. The lowest BCUT2D eigenvalue weighted by molar-refractivity contribution is -0.141. The Morgan fingerprint density at radius 1 is 1.58 bits per heavy atom. The van der Waals surface area contributed by atoms with Crippen molar-refractivity contribution in [3.8, 4) is 0 Å². The molecule has 4 nitrogen and oxygen atoms in total. The highest BCUT2D eigenvalue weighted by molar-refractivity contribution is 5.72. The van der Waals surface area contributed by atoms with Gasteiger partial charge >= 0.3 is 5.97 Å². The maximum Gasteiger partial charge on any atom is 0.306 e. The molecule has 0 bridgehead atoms. The summed E-state index contributed by atoms with van der Waals surface area (Å²) in [6.07, 6.45) is 0.192. The molecule has 1 aliphatic carbocycles. The second-order valence-corrected chi connectivity index (χ2v) is 3.55. The number of hydrogen-bond acceptors (Lipinski definition) is 4. The normalized spacial score (nSPS) is 46.0. The molecule has 1 aliphatic heterocycles. The molecule has 2 rings (SSSR count). The maximum atomic E-state index is 10.8. The van der Waals surface area contributed by atoms with Crippen molar-refractivity contribution in [2.24, 2.45) is 11.8 Å². The minimum atomic E-state index is -0.502. The second kappa shape index (κ2) is 2.71. The molecule has 4 atom stereocenters. The van der Waals surface area contributed by atoms with Gasteiger partial charge in [0.05, 0.1) is 12.5 Å². The lowest BCUT2D eigenvalue weighted by Gasteiger charge is -2.14. The molecule has 12 heavy (non-hydrogen) atoms. The van der Waals surface area contributed by atoms with E-state index in [1.165, 1.54) is 0 Å². The zero-order chi connectivity index (χ0) is 8.72. The van der Waals surface area contributed by atoms with E-state index >= 15 is 0 Å². The number of hydrogen-bond donors (Lipinski definition) is 2. The topological polar surface area (TPSA) is 66.8 Å². The highest BCUT2D eigenvalue weighted by Gasteiger charge is 2.49. The van der Waals surface area contributed by atoms with Crippen molar-refractivity contribution in [1.29, 1.82) is 0 Å². The Morgan fingerprint density at radius 3 is 3.00 bits per heavy atom. The maximum absolute atomic E-state index is 10.8. The standard InChI is InChI=1S/C8H12O4/c9-3-5-4-1-8(11)12-7(4)2-6(5)10/h4-7,9-10H,1-3H2/t4?,5-,6-,7?/m1/s1. The van der Waals surface area contributed by atoms with Crippen LogP contribution in [0.15, 0.2) is 0 Å². The quantitative estimate of drug-likeness (QED) is 0.513. The summed E-state index contributed by atoms with van der Waals surface area (Å²) < 4.78 is 4.98. The van der Waals surface area contributed by atoms with Crippen molar-refractivity contribution in [2.45, 2.75) is 25.0 Å². The van der Waals surface area contributed by atoms with Gasteiger partial charge in [0.2, 0.25) is 0 Å². The van der Waals surface area contributed by atoms with Gasteiger partial charge < -0.3 is 14.9 Å². The van der Waals surface area contributed by atoms with Gasteiger partial charge in [0.1, 0.15) is 6.10 Å². The molecule has 0 aromatic heterocycles. The number of fused-ring (bicyclic) bond motifs is 1. The van der Waals surface area contributed by atoms with Crippen molar-refractivity contribution in [3.05, 3.63) is 0 Å². The zero-order valence-electron chi connectivity index (χ0n) is 6.64. The summed E-state index contributed by atoms with van der Waals surface area (Å²) in [4.78, 5) is 10.8. The summed E-state index contributed by atoms with van der Waals surface area (Å²) in [5.74, 6) is -0.325. The first-order chi connectivity index (χ1) is 5.72. The summed E-state index contributed by atoms with van der Waals surface area (Å²) in [6.45, 7) is -0.0566. The molecule has 2 fully saturated rings. The predicted octanol–water partition coefficient (Wildman–Crippen LogP) is -0.709. The van der Waals surface area contributed by atoms with Crippen LogP contribution in [-0.2, 0) is 9.53 Å². The van der Waals surface area contributed by atoms with E-state index in [2.05, 4.69) is 0 Å². The largest absolute Gasteiger partial charge is 0.462 e. The number of esters is 1. The minimum Gasteiger partial charge on any atom is -0.462 e. The van der Waals surface area contributed by atoms with E-state index in [1.807, 2.05) is 0 Å². The minimum absolute atomic E-state index is 0.0394. The highest BCUT2D eigenvalue weighted by Crippen LogP contribution is 2.40. The van der Waals surface area contributed by atoms with Crippen LogP contribution >= 0.6 is 0 Å². The van der Waals surface area contributed by atoms with Gasteiger partial charge in [-0.2, -0.15) is 0 Å². The molecule has 1 saturated carbocycles. The van der Waals surface area contributed by atoms with Crippen LogP contribution < -0.4 is 0 Å². The Hall–Kier alpha value is -0.610. The van der Waals surface area contributed by atoms with E-state index in [0.29, 0.717) is 12.8 Å². The van der Waals surface area contributed by atoms with Crippen LogP contribution in [-0.4, -0.2) is 35.0 Å². The van der Waals surface area contributed by atoms with E-state index in [4.69, 9.17) is 9.84 Å². The first-order valence-corrected chi connectivity index (χ1v) is 4.20. The third kappa shape index (κ3) is 1.03. The van der Waals surface area contributed by atoms with Crippen LogP contribution in [0.2, 0.25) is 0 Å². The molecular weight excluding hydrogens is 160 g/mol. The molecular formula is C8H12O4. The molecule has 68 valence electrons. The van der Waals surface area contributed by atoms with Gasteiger partial charge in [-0.25, -0.2) is 0 Å². The predicted molar refractivity (Wildman–Crippen MR) is 39.2 cm³/mol. The fourth-order valence-corrected chi connectivity index (χ4v) is 2.23. The van der Waals surface area contributed by atoms with Crippen molar-refractivity contribution < 1.29 is 19.7 Å². The Bertz CT molecular complexity index is 203. The Labute approximate surface area is 70.1 Å². The van der Waals surface area contributed by atoms with Crippen molar-refractivity contribution in [3.63, 3.8) is 0 Å². The monoisotopic (exact) mass is 172 g/mol. The molecule has 0 spiro atoms. The number of ether oxygens (including phenoxy) is 1. The third-order valence-electron chi connectivity index (χ3n) is 2.89. The van der Waals surface area contributed by atoms with E-state index < -0.39 is 6.10 Å². The van der Waals surface area contributed by atoms with Crippen molar-refractivity contribution in [1.82, 2.24) is 0 Å². The van der Waals surface area contributed by atoms with Crippen molar-refractivity contribution >= 4 is 5.97 Å². The summed E-state index contributed by atoms with van der Waals surface area (Å²) in [5, 5.41) is 18.4. The zero-order valence-corrected chi connectivity index (χ0v) is 6.64. The molecule has 2 unspecified atom stereocenters. The van der Waals surface area contributed by atoms with Gasteiger partial charge in [0.15, 0.2) is 0 Å². The van der Waals surface area contributed by atoms with E-state index in [0.717, 1.165) is 0 Å². The lowest BCUT2D eigenvalue weighted by Crippen LogP contribution is -2.23. The molecule has 1 saturated heterocycles. The summed E-state index contributed by atoms with van der Waals surface area (Å²) in [7, 11) is 0. The Kier molecular flexibility index (Phi) is 1.81. The van der Waals surface area contributed by atoms with Gasteiger partial charge in [-0.3, -0.25) is 4.79 Å². The summed E-state index contributed by atoms with van der Waals surface area (Å²) >= 11 is 0. The molecule has 0 amide bonds. The molecule has 2 N–H and O–H groups in total. The van der Waals surface area contributed by atoms with E-state index in [-0.39, 0.29) is 30.5 Å². The van der Waals surface area contributed by atoms with Crippen LogP contribution in [0, 0.1) is 11.8 Å². The van der Waals surface area contributed by atoms with Crippen molar-refractivity contribution in [2.75, 3.05) is 6.61 Å². The molecule has 0 aromatic rings. The number of rotatable bonds is 1. The fourth-order valence-electron chi connectivity index (χ4n) is 2.23.